The Hall–Kier alpha value is -1.72. The van der Waals surface area contributed by atoms with Crippen LogP contribution in [0.15, 0.2) is 30.6 Å². The molecule has 2 aromatic rings. The summed E-state index contributed by atoms with van der Waals surface area (Å²) in [6.07, 6.45) is 9.27. The van der Waals surface area contributed by atoms with Crippen molar-refractivity contribution in [2.24, 2.45) is 17.8 Å². The second-order valence-electron chi connectivity index (χ2n) is 8.95. The van der Waals surface area contributed by atoms with Gasteiger partial charge in [-0.1, -0.05) is 0 Å². The molecule has 0 N–H and O–H groups in total. The Balaban J connectivity index is 1.35. The molecule has 4 atom stereocenters. The maximum absolute atomic E-state index is 6.41. The summed E-state index contributed by atoms with van der Waals surface area (Å²) in [6, 6.07) is 6.70. The molecule has 5 rings (SSSR count). The van der Waals surface area contributed by atoms with E-state index in [1.54, 1.807) is 0 Å². The molecule has 0 radical (unpaired) electrons. The minimum atomic E-state index is 0.379. The molecule has 2 aromatic heterocycles. The van der Waals surface area contributed by atoms with E-state index in [-0.39, 0.29) is 0 Å². The molecule has 0 spiro atoms. The van der Waals surface area contributed by atoms with Crippen molar-refractivity contribution in [3.05, 3.63) is 30.6 Å². The van der Waals surface area contributed by atoms with Crippen LogP contribution in [0, 0.1) is 17.8 Å². The lowest BCUT2D eigenvalue weighted by Crippen LogP contribution is -2.48. The molecule has 1 saturated heterocycles. The third-order valence-corrected chi connectivity index (χ3v) is 6.80. The Kier molecular flexibility index (Phi) is 4.52. The van der Waals surface area contributed by atoms with Crippen molar-refractivity contribution in [1.82, 2.24) is 14.9 Å². The Bertz CT molecular complexity index is 801. The molecule has 3 heterocycles. The number of likely N-dealkylation sites (N-methyl/N-ethyl adjacent to an activating group) is 1. The van der Waals surface area contributed by atoms with Gasteiger partial charge in [0.15, 0.2) is 0 Å². The van der Waals surface area contributed by atoms with Gasteiger partial charge in [-0.05, 0) is 75.7 Å². The molecule has 0 amide bonds. The number of pyridine rings is 2. The smallest absolute Gasteiger partial charge is 0.138 e. The van der Waals surface area contributed by atoms with Gasteiger partial charge in [-0.25, -0.2) is 4.98 Å². The van der Waals surface area contributed by atoms with Crippen LogP contribution >= 0.6 is 0 Å². The molecule has 2 saturated carbocycles. The molecule has 27 heavy (non-hydrogen) atoms. The van der Waals surface area contributed by atoms with E-state index in [0.29, 0.717) is 18.1 Å². The van der Waals surface area contributed by atoms with E-state index >= 15 is 0 Å². The molecule has 3 fully saturated rings. The summed E-state index contributed by atoms with van der Waals surface area (Å²) >= 11 is 0. The average molecular weight is 367 g/mol. The van der Waals surface area contributed by atoms with E-state index in [2.05, 4.69) is 34.9 Å². The Labute approximate surface area is 161 Å². The molecule has 1 aliphatic heterocycles. The van der Waals surface area contributed by atoms with Crippen molar-refractivity contribution in [2.45, 2.75) is 37.8 Å². The molecular weight excluding hydrogens is 336 g/mol. The molecule has 5 heteroatoms. The predicted octanol–water partition coefficient (Wildman–Crippen LogP) is 3.20. The van der Waals surface area contributed by atoms with Crippen LogP contribution in [0.2, 0.25) is 0 Å². The first-order valence-electron chi connectivity index (χ1n) is 10.4. The highest BCUT2D eigenvalue weighted by Crippen LogP contribution is 2.41. The van der Waals surface area contributed by atoms with Crippen LogP contribution < -0.4 is 4.90 Å². The topological polar surface area (TPSA) is 41.5 Å². The van der Waals surface area contributed by atoms with Crippen molar-refractivity contribution >= 4 is 16.7 Å². The maximum Gasteiger partial charge on any atom is 0.138 e. The first-order chi connectivity index (χ1) is 13.2. The van der Waals surface area contributed by atoms with Gasteiger partial charge in [-0.15, -0.1) is 0 Å². The maximum atomic E-state index is 6.41. The zero-order valence-corrected chi connectivity index (χ0v) is 16.4. The van der Waals surface area contributed by atoms with Gasteiger partial charge in [-0.2, -0.15) is 0 Å². The third kappa shape index (κ3) is 3.43. The number of anilines is 1. The van der Waals surface area contributed by atoms with Crippen molar-refractivity contribution in [1.29, 1.82) is 0 Å². The standard InChI is InChI=1S/C22H30N4O/c1-25(2)20-10-16-12-26(13-17(16)11-21(20)27-14-15-5-6-15)22-18-4-3-8-23-19(18)7-9-24-22/h3-4,7-9,15-17,20-21H,5-6,10-14H2,1-2H3/t16-,17+,20-,21-/m1/s1. The highest BCUT2D eigenvalue weighted by Gasteiger charge is 2.44. The summed E-state index contributed by atoms with van der Waals surface area (Å²) in [4.78, 5) is 14.1. The highest BCUT2D eigenvalue weighted by molar-refractivity contribution is 5.89. The SMILES string of the molecule is CN(C)[C@@H]1C[C@@H]2CN(c3nccc4ncccc34)C[C@@H]2C[C@H]1OCC1CC1. The summed E-state index contributed by atoms with van der Waals surface area (Å²) < 4.78 is 6.41. The molecule has 3 aliphatic rings. The van der Waals surface area contributed by atoms with Gasteiger partial charge in [0.25, 0.3) is 0 Å². The monoisotopic (exact) mass is 366 g/mol. The summed E-state index contributed by atoms with van der Waals surface area (Å²) in [5.74, 6) is 3.37. The number of hydrogen-bond acceptors (Lipinski definition) is 5. The lowest BCUT2D eigenvalue weighted by molar-refractivity contribution is -0.0493. The van der Waals surface area contributed by atoms with Crippen LogP contribution in [0.25, 0.3) is 10.9 Å². The Morgan fingerprint density at radius 1 is 1.07 bits per heavy atom. The largest absolute Gasteiger partial charge is 0.376 e. The highest BCUT2D eigenvalue weighted by atomic mass is 16.5. The minimum Gasteiger partial charge on any atom is -0.376 e. The molecular formula is C22H30N4O. The molecule has 5 nitrogen and oxygen atoms in total. The molecule has 0 bridgehead atoms. The van der Waals surface area contributed by atoms with E-state index in [4.69, 9.17) is 9.72 Å². The third-order valence-electron chi connectivity index (χ3n) is 6.80. The summed E-state index contributed by atoms with van der Waals surface area (Å²) in [5.41, 5.74) is 1.04. The van der Waals surface area contributed by atoms with E-state index < -0.39 is 0 Å². The Morgan fingerprint density at radius 2 is 1.89 bits per heavy atom. The molecule has 0 aromatic carbocycles. The van der Waals surface area contributed by atoms with Crippen molar-refractivity contribution in [3.8, 4) is 0 Å². The number of nitrogens with zero attached hydrogens (tertiary/aromatic N) is 4. The van der Waals surface area contributed by atoms with Crippen LogP contribution in [0.4, 0.5) is 5.82 Å². The fourth-order valence-electron chi connectivity index (χ4n) is 5.07. The number of rotatable bonds is 5. The van der Waals surface area contributed by atoms with E-state index in [9.17, 15) is 0 Å². The summed E-state index contributed by atoms with van der Waals surface area (Å²) in [7, 11) is 4.42. The van der Waals surface area contributed by atoms with E-state index in [1.165, 1.54) is 31.1 Å². The van der Waals surface area contributed by atoms with Gasteiger partial charge in [0, 0.05) is 43.5 Å². The quantitative estimate of drug-likeness (QED) is 0.813. The lowest BCUT2D eigenvalue weighted by Gasteiger charge is -2.41. The molecule has 144 valence electrons. The van der Waals surface area contributed by atoms with Crippen molar-refractivity contribution in [3.63, 3.8) is 0 Å². The molecule has 0 unspecified atom stereocenters. The Morgan fingerprint density at radius 3 is 2.67 bits per heavy atom. The number of fused-ring (bicyclic) bond motifs is 2. The van der Waals surface area contributed by atoms with E-state index in [0.717, 1.165) is 42.9 Å². The zero-order valence-electron chi connectivity index (χ0n) is 16.4. The number of hydrogen-bond donors (Lipinski definition) is 0. The van der Waals surface area contributed by atoms with Gasteiger partial charge in [0.2, 0.25) is 0 Å². The van der Waals surface area contributed by atoms with Crippen molar-refractivity contribution < 1.29 is 4.74 Å². The van der Waals surface area contributed by atoms with Crippen molar-refractivity contribution in [2.75, 3.05) is 38.7 Å². The lowest BCUT2D eigenvalue weighted by atomic mass is 9.77. The van der Waals surface area contributed by atoms with Gasteiger partial charge in [0.1, 0.15) is 5.82 Å². The van der Waals surface area contributed by atoms with Crippen LogP contribution in [-0.2, 0) is 4.74 Å². The number of ether oxygens (including phenoxy) is 1. The van der Waals surface area contributed by atoms with Gasteiger partial charge < -0.3 is 14.5 Å². The van der Waals surface area contributed by atoms with Gasteiger partial charge in [0.05, 0.1) is 11.6 Å². The van der Waals surface area contributed by atoms with Crippen LogP contribution in [-0.4, -0.2) is 60.8 Å². The van der Waals surface area contributed by atoms with Gasteiger partial charge in [-0.3, -0.25) is 4.98 Å². The van der Waals surface area contributed by atoms with Crippen LogP contribution in [0.1, 0.15) is 25.7 Å². The first kappa shape index (κ1) is 17.4. The van der Waals surface area contributed by atoms with Crippen LogP contribution in [0.3, 0.4) is 0 Å². The first-order valence-corrected chi connectivity index (χ1v) is 10.4. The number of aromatic nitrogens is 2. The summed E-state index contributed by atoms with van der Waals surface area (Å²) in [5, 5.41) is 1.17. The fraction of sp³-hybridized carbons (Fsp3) is 0.636. The fourth-order valence-corrected chi connectivity index (χ4v) is 5.07. The van der Waals surface area contributed by atoms with Gasteiger partial charge >= 0.3 is 0 Å². The average Bonchev–Trinajstić information content (AvgIpc) is 3.42. The van der Waals surface area contributed by atoms with Crippen LogP contribution in [0.5, 0.6) is 0 Å². The second kappa shape index (κ2) is 7.02. The van der Waals surface area contributed by atoms with E-state index in [1.807, 2.05) is 24.5 Å². The summed E-state index contributed by atoms with van der Waals surface area (Å²) in [6.45, 7) is 3.16. The molecule has 2 aliphatic carbocycles. The minimum absolute atomic E-state index is 0.379. The predicted molar refractivity (Wildman–Crippen MR) is 108 cm³/mol. The normalized spacial score (nSPS) is 30.9. The zero-order chi connectivity index (χ0) is 18.4. The second-order valence-corrected chi connectivity index (χ2v) is 8.95.